The molecule has 0 fully saturated rings. The van der Waals surface area contributed by atoms with E-state index in [1.807, 2.05) is 0 Å². The molecule has 20 heavy (non-hydrogen) atoms. The molecule has 1 aromatic rings. The van der Waals surface area contributed by atoms with Crippen LogP contribution in [0.3, 0.4) is 0 Å². The standard InChI is InChI=1S/C9H6F6O4S/c10-8(11,12)19-7-4-2-1-3-6(7)5-18-20(16,17)9(13,14)15/h1-4H,5H2. The summed E-state index contributed by atoms with van der Waals surface area (Å²) in [6.45, 7) is -1.24. The third kappa shape index (κ3) is 4.56. The van der Waals surface area contributed by atoms with E-state index in [1.54, 1.807) is 0 Å². The number of hydrogen-bond donors (Lipinski definition) is 0. The van der Waals surface area contributed by atoms with Gasteiger partial charge in [-0.1, -0.05) is 18.2 Å². The van der Waals surface area contributed by atoms with E-state index in [0.717, 1.165) is 18.2 Å². The van der Waals surface area contributed by atoms with Crippen LogP contribution >= 0.6 is 0 Å². The van der Waals surface area contributed by atoms with Gasteiger partial charge in [-0.15, -0.1) is 13.2 Å². The first-order valence-electron chi connectivity index (χ1n) is 4.72. The zero-order valence-corrected chi connectivity index (χ0v) is 10.1. The first-order chi connectivity index (χ1) is 8.92. The van der Waals surface area contributed by atoms with Gasteiger partial charge in [0.2, 0.25) is 0 Å². The normalized spacial score (nSPS) is 13.3. The Morgan fingerprint density at radius 2 is 1.55 bits per heavy atom. The monoisotopic (exact) mass is 324 g/mol. The van der Waals surface area contributed by atoms with Crippen molar-refractivity contribution in [2.45, 2.75) is 18.5 Å². The van der Waals surface area contributed by atoms with Crippen LogP contribution in [-0.4, -0.2) is 20.3 Å². The number of ether oxygens (including phenoxy) is 1. The van der Waals surface area contributed by atoms with Crippen LogP contribution in [-0.2, 0) is 20.9 Å². The smallest absolute Gasteiger partial charge is 0.405 e. The minimum absolute atomic E-state index is 0.502. The number of benzene rings is 1. The molecule has 11 heteroatoms. The maximum Gasteiger partial charge on any atom is 0.573 e. The van der Waals surface area contributed by atoms with Gasteiger partial charge in [-0.05, 0) is 6.07 Å². The van der Waals surface area contributed by atoms with Crippen molar-refractivity contribution in [3.05, 3.63) is 29.8 Å². The Kier molecular flexibility index (Phi) is 4.54. The van der Waals surface area contributed by atoms with Crippen LogP contribution in [0.15, 0.2) is 24.3 Å². The summed E-state index contributed by atoms with van der Waals surface area (Å²) in [6, 6.07) is 4.06. The molecule has 0 aliphatic carbocycles. The topological polar surface area (TPSA) is 52.6 Å². The molecule has 0 aromatic heterocycles. The first-order valence-corrected chi connectivity index (χ1v) is 6.12. The largest absolute Gasteiger partial charge is 0.573 e. The lowest BCUT2D eigenvalue weighted by Crippen LogP contribution is -2.25. The highest BCUT2D eigenvalue weighted by Gasteiger charge is 2.47. The molecule has 0 saturated carbocycles. The second-order valence-electron chi connectivity index (χ2n) is 3.32. The van der Waals surface area contributed by atoms with E-state index in [1.165, 1.54) is 6.07 Å². The fraction of sp³-hybridized carbons (Fsp3) is 0.333. The maximum absolute atomic E-state index is 12.0. The quantitative estimate of drug-likeness (QED) is 0.485. The van der Waals surface area contributed by atoms with Crippen LogP contribution in [0.2, 0.25) is 0 Å². The molecular weight excluding hydrogens is 318 g/mol. The average Bonchev–Trinajstić information content (AvgIpc) is 2.24. The molecule has 0 unspecified atom stereocenters. The summed E-state index contributed by atoms with van der Waals surface area (Å²) in [6.07, 6.45) is -5.07. The predicted octanol–water partition coefficient (Wildman–Crippen LogP) is 2.95. The fourth-order valence-corrected chi connectivity index (χ4v) is 1.47. The van der Waals surface area contributed by atoms with E-state index >= 15 is 0 Å². The lowest BCUT2D eigenvalue weighted by molar-refractivity contribution is -0.275. The predicted molar refractivity (Wildman–Crippen MR) is 52.9 cm³/mol. The number of halogens is 6. The minimum atomic E-state index is -5.89. The van der Waals surface area contributed by atoms with Crippen LogP contribution < -0.4 is 4.74 Å². The Labute approximate surface area is 109 Å². The van der Waals surface area contributed by atoms with E-state index in [0.29, 0.717) is 0 Å². The van der Waals surface area contributed by atoms with Crippen LogP contribution in [0.4, 0.5) is 26.3 Å². The van der Waals surface area contributed by atoms with E-state index in [4.69, 9.17) is 0 Å². The van der Waals surface area contributed by atoms with Crippen LogP contribution in [0.25, 0.3) is 0 Å². The van der Waals surface area contributed by atoms with Gasteiger partial charge in [0.15, 0.2) is 0 Å². The molecule has 0 heterocycles. The van der Waals surface area contributed by atoms with Crippen molar-refractivity contribution in [2.75, 3.05) is 0 Å². The lowest BCUT2D eigenvalue weighted by atomic mass is 10.2. The second kappa shape index (κ2) is 5.48. The molecular formula is C9H6F6O4S. The van der Waals surface area contributed by atoms with E-state index in [9.17, 15) is 34.8 Å². The van der Waals surface area contributed by atoms with Crippen molar-refractivity contribution >= 4 is 10.1 Å². The summed E-state index contributed by atoms with van der Waals surface area (Å²) < 4.78 is 100. The van der Waals surface area contributed by atoms with Gasteiger partial charge in [0, 0.05) is 5.56 Å². The molecule has 0 radical (unpaired) electrons. The van der Waals surface area contributed by atoms with Gasteiger partial charge in [0.25, 0.3) is 0 Å². The molecule has 0 atom stereocenters. The Bertz CT molecular complexity index is 563. The number of rotatable bonds is 4. The fourth-order valence-electron chi connectivity index (χ4n) is 1.06. The zero-order valence-electron chi connectivity index (χ0n) is 9.33. The average molecular weight is 324 g/mol. The zero-order chi connectivity index (χ0) is 15.6. The van der Waals surface area contributed by atoms with Gasteiger partial charge in [-0.3, -0.25) is 4.18 Å². The van der Waals surface area contributed by atoms with Crippen molar-refractivity contribution in [3.63, 3.8) is 0 Å². The van der Waals surface area contributed by atoms with Gasteiger partial charge in [-0.25, -0.2) is 0 Å². The second-order valence-corrected chi connectivity index (χ2v) is 4.92. The third-order valence-electron chi connectivity index (χ3n) is 1.85. The van der Waals surface area contributed by atoms with Crippen molar-refractivity contribution in [2.24, 2.45) is 0 Å². The highest BCUT2D eigenvalue weighted by atomic mass is 32.2. The highest BCUT2D eigenvalue weighted by molar-refractivity contribution is 7.87. The number of para-hydroxylation sites is 1. The molecule has 0 aliphatic heterocycles. The Hall–Kier alpha value is -1.49. The summed E-state index contributed by atoms with van der Waals surface area (Å²) in [5.74, 6) is -0.850. The van der Waals surface area contributed by atoms with Gasteiger partial charge < -0.3 is 4.74 Å². The first kappa shape index (κ1) is 16.6. The Morgan fingerprint density at radius 1 is 1.00 bits per heavy atom. The van der Waals surface area contributed by atoms with Crippen molar-refractivity contribution in [1.82, 2.24) is 0 Å². The molecule has 0 amide bonds. The SMILES string of the molecule is O=S(=O)(OCc1ccccc1OC(F)(F)F)C(F)(F)F. The van der Waals surface area contributed by atoms with Gasteiger partial charge in [0.1, 0.15) is 5.75 Å². The van der Waals surface area contributed by atoms with Crippen molar-refractivity contribution < 1.29 is 43.7 Å². The minimum Gasteiger partial charge on any atom is -0.405 e. The van der Waals surface area contributed by atoms with Gasteiger partial charge in [0.05, 0.1) is 6.61 Å². The van der Waals surface area contributed by atoms with Gasteiger partial charge in [-0.2, -0.15) is 21.6 Å². The summed E-state index contributed by atoms with van der Waals surface area (Å²) in [4.78, 5) is 0. The molecule has 1 aromatic carbocycles. The molecule has 0 bridgehead atoms. The lowest BCUT2D eigenvalue weighted by Gasteiger charge is -2.13. The van der Waals surface area contributed by atoms with E-state index in [2.05, 4.69) is 8.92 Å². The van der Waals surface area contributed by atoms with Crippen molar-refractivity contribution in [1.29, 1.82) is 0 Å². The van der Waals surface area contributed by atoms with Crippen LogP contribution in [0, 0.1) is 0 Å². The Balaban J connectivity index is 2.90. The summed E-state index contributed by atoms with van der Waals surface area (Å²) >= 11 is 0. The summed E-state index contributed by atoms with van der Waals surface area (Å²) in [7, 11) is -5.89. The number of hydrogen-bond acceptors (Lipinski definition) is 4. The van der Waals surface area contributed by atoms with E-state index < -0.39 is 39.9 Å². The maximum atomic E-state index is 12.0. The van der Waals surface area contributed by atoms with Crippen LogP contribution in [0.5, 0.6) is 5.75 Å². The molecule has 0 saturated heterocycles. The molecule has 1 rings (SSSR count). The highest BCUT2D eigenvalue weighted by Crippen LogP contribution is 2.29. The number of alkyl halides is 6. The summed E-state index contributed by atoms with van der Waals surface area (Å²) in [5.41, 5.74) is -6.16. The molecule has 0 N–H and O–H groups in total. The van der Waals surface area contributed by atoms with Gasteiger partial charge >= 0.3 is 22.0 Å². The molecule has 114 valence electrons. The molecule has 0 spiro atoms. The third-order valence-corrected chi connectivity index (χ3v) is 2.85. The summed E-state index contributed by atoms with van der Waals surface area (Å²) in [5, 5.41) is 0. The van der Waals surface area contributed by atoms with Crippen LogP contribution in [0.1, 0.15) is 5.56 Å². The van der Waals surface area contributed by atoms with E-state index in [-0.39, 0.29) is 0 Å². The molecule has 4 nitrogen and oxygen atoms in total. The molecule has 0 aliphatic rings. The van der Waals surface area contributed by atoms with Crippen molar-refractivity contribution in [3.8, 4) is 5.75 Å². The Morgan fingerprint density at radius 3 is 2.05 bits per heavy atom.